The number of amides is 2. The number of carboxylic acids is 1. The predicted molar refractivity (Wildman–Crippen MR) is 70.5 cm³/mol. The van der Waals surface area contributed by atoms with Crippen LogP contribution in [0.25, 0.3) is 0 Å². The molecule has 0 bridgehead atoms. The Kier molecular flexibility index (Phi) is 3.77. The van der Waals surface area contributed by atoms with Gasteiger partial charge >= 0.3 is 5.97 Å². The molecule has 0 aromatic carbocycles. The van der Waals surface area contributed by atoms with Crippen LogP contribution in [0.2, 0.25) is 0 Å². The van der Waals surface area contributed by atoms with Crippen LogP contribution in [-0.4, -0.2) is 56.4 Å². The van der Waals surface area contributed by atoms with E-state index in [0.29, 0.717) is 19.4 Å². The van der Waals surface area contributed by atoms with Crippen LogP contribution in [0.1, 0.15) is 26.7 Å². The Morgan fingerprint density at radius 1 is 1.40 bits per heavy atom. The quantitative estimate of drug-likeness (QED) is 0.743. The van der Waals surface area contributed by atoms with E-state index in [2.05, 4.69) is 0 Å². The van der Waals surface area contributed by atoms with Crippen molar-refractivity contribution in [1.29, 1.82) is 0 Å². The van der Waals surface area contributed by atoms with Gasteiger partial charge in [-0.3, -0.25) is 14.4 Å². The third-order valence-electron chi connectivity index (χ3n) is 3.64. The molecule has 0 aromatic heterocycles. The highest BCUT2D eigenvalue weighted by atomic mass is 32.2. The molecule has 2 fully saturated rings. The zero-order chi connectivity index (χ0) is 15.1. The van der Waals surface area contributed by atoms with Gasteiger partial charge in [-0.25, -0.2) is 14.8 Å². The van der Waals surface area contributed by atoms with E-state index in [4.69, 9.17) is 0 Å². The molecule has 2 unspecified atom stereocenters. The van der Waals surface area contributed by atoms with E-state index in [1.165, 1.54) is 18.9 Å². The summed E-state index contributed by atoms with van der Waals surface area (Å²) in [6, 6.07) is -0.996. The lowest BCUT2D eigenvalue weighted by Gasteiger charge is -2.36. The van der Waals surface area contributed by atoms with Crippen molar-refractivity contribution in [2.45, 2.75) is 32.7 Å². The van der Waals surface area contributed by atoms with Crippen molar-refractivity contribution in [3.63, 3.8) is 0 Å². The SMILES string of the molecule is CC(=O)SCC1(C)C(=O)N2CCCC(C(=O)O)N2C1=O. The van der Waals surface area contributed by atoms with Gasteiger partial charge in [0.2, 0.25) is 0 Å². The van der Waals surface area contributed by atoms with E-state index in [1.54, 1.807) is 0 Å². The number of hydrazine groups is 1. The Bertz CT molecular complexity index is 494. The number of aliphatic carboxylic acids is 1. The Labute approximate surface area is 120 Å². The number of carboxylic acid groups (broad SMARTS) is 1. The van der Waals surface area contributed by atoms with Crippen LogP contribution < -0.4 is 0 Å². The number of hydrogen-bond donors (Lipinski definition) is 1. The maximum Gasteiger partial charge on any atom is 0.328 e. The highest BCUT2D eigenvalue weighted by Gasteiger charge is 2.58. The zero-order valence-electron chi connectivity index (χ0n) is 11.3. The highest BCUT2D eigenvalue weighted by Crippen LogP contribution is 2.38. The minimum atomic E-state index is -1.35. The van der Waals surface area contributed by atoms with E-state index in [-0.39, 0.29) is 10.9 Å². The highest BCUT2D eigenvalue weighted by molar-refractivity contribution is 8.13. The van der Waals surface area contributed by atoms with Gasteiger partial charge in [0.15, 0.2) is 11.2 Å². The fourth-order valence-corrected chi connectivity index (χ4v) is 3.25. The number of carbonyl (C=O) groups is 4. The molecule has 8 heteroatoms. The summed E-state index contributed by atoms with van der Waals surface area (Å²) in [5.41, 5.74) is -1.35. The van der Waals surface area contributed by atoms with Gasteiger partial charge in [-0.2, -0.15) is 0 Å². The topological polar surface area (TPSA) is 95.0 Å². The summed E-state index contributed by atoms with van der Waals surface area (Å²) < 4.78 is 0. The van der Waals surface area contributed by atoms with Gasteiger partial charge in [-0.15, -0.1) is 0 Å². The van der Waals surface area contributed by atoms with Crippen LogP contribution in [0.15, 0.2) is 0 Å². The first-order valence-electron chi connectivity index (χ1n) is 6.31. The first-order chi connectivity index (χ1) is 9.29. The third-order valence-corrected chi connectivity index (χ3v) is 4.77. The number of carbonyl (C=O) groups excluding carboxylic acids is 3. The Morgan fingerprint density at radius 3 is 2.60 bits per heavy atom. The first kappa shape index (κ1) is 14.8. The Balaban J connectivity index is 2.30. The molecular weight excluding hydrogens is 284 g/mol. The molecule has 0 aromatic rings. The summed E-state index contributed by atoms with van der Waals surface area (Å²) in [5.74, 6) is -2.01. The summed E-state index contributed by atoms with van der Waals surface area (Å²) in [5, 5.41) is 11.3. The molecule has 2 aliphatic rings. The van der Waals surface area contributed by atoms with Crippen molar-refractivity contribution < 1.29 is 24.3 Å². The summed E-state index contributed by atoms with van der Waals surface area (Å²) in [6.45, 7) is 3.19. The first-order valence-corrected chi connectivity index (χ1v) is 7.29. The fraction of sp³-hybridized carbons (Fsp3) is 0.667. The summed E-state index contributed by atoms with van der Waals surface area (Å²) in [6.07, 6.45) is 0.878. The molecule has 2 rings (SSSR count). The second-order valence-electron chi connectivity index (χ2n) is 5.19. The second-order valence-corrected chi connectivity index (χ2v) is 6.34. The van der Waals surface area contributed by atoms with Gasteiger partial charge in [-0.05, 0) is 19.8 Å². The smallest absolute Gasteiger partial charge is 0.328 e. The maximum absolute atomic E-state index is 12.5. The fourth-order valence-electron chi connectivity index (χ4n) is 2.51. The van der Waals surface area contributed by atoms with Gasteiger partial charge in [-0.1, -0.05) is 11.8 Å². The van der Waals surface area contributed by atoms with Crippen molar-refractivity contribution >= 4 is 34.7 Å². The lowest BCUT2D eigenvalue weighted by Crippen LogP contribution is -2.54. The second kappa shape index (κ2) is 5.08. The van der Waals surface area contributed by atoms with E-state index >= 15 is 0 Å². The molecule has 110 valence electrons. The number of nitrogens with zero attached hydrogens (tertiary/aromatic N) is 2. The van der Waals surface area contributed by atoms with Crippen LogP contribution in [0.5, 0.6) is 0 Å². The average molecular weight is 300 g/mol. The summed E-state index contributed by atoms with van der Waals surface area (Å²) in [7, 11) is 0. The molecule has 20 heavy (non-hydrogen) atoms. The van der Waals surface area contributed by atoms with Crippen molar-refractivity contribution in [2.24, 2.45) is 5.41 Å². The molecule has 0 radical (unpaired) electrons. The van der Waals surface area contributed by atoms with Crippen LogP contribution in [0, 0.1) is 5.41 Å². The number of rotatable bonds is 3. The van der Waals surface area contributed by atoms with Crippen molar-refractivity contribution in [3.05, 3.63) is 0 Å². The zero-order valence-corrected chi connectivity index (χ0v) is 12.1. The van der Waals surface area contributed by atoms with Crippen molar-refractivity contribution in [3.8, 4) is 0 Å². The minimum absolute atomic E-state index is 0.0410. The minimum Gasteiger partial charge on any atom is -0.480 e. The molecule has 0 spiro atoms. The molecule has 0 aliphatic carbocycles. The molecule has 2 heterocycles. The van der Waals surface area contributed by atoms with Gasteiger partial charge in [0, 0.05) is 19.2 Å². The Morgan fingerprint density at radius 2 is 2.05 bits per heavy atom. The number of hydrogen-bond acceptors (Lipinski definition) is 5. The molecule has 2 saturated heterocycles. The Hall–Kier alpha value is -1.57. The number of thioether (sulfide) groups is 1. The predicted octanol–water partition coefficient (Wildman–Crippen LogP) is 0.105. The van der Waals surface area contributed by atoms with Gasteiger partial charge in [0.25, 0.3) is 11.8 Å². The maximum atomic E-state index is 12.5. The monoisotopic (exact) mass is 300 g/mol. The lowest BCUT2D eigenvalue weighted by atomic mass is 9.92. The van der Waals surface area contributed by atoms with E-state index in [1.807, 2.05) is 0 Å². The van der Waals surface area contributed by atoms with Crippen LogP contribution in [0.3, 0.4) is 0 Å². The van der Waals surface area contributed by atoms with Crippen molar-refractivity contribution in [1.82, 2.24) is 10.0 Å². The van der Waals surface area contributed by atoms with E-state index < -0.39 is 29.2 Å². The van der Waals surface area contributed by atoms with Crippen molar-refractivity contribution in [2.75, 3.05) is 12.3 Å². The molecule has 2 atom stereocenters. The summed E-state index contributed by atoms with van der Waals surface area (Å²) >= 11 is 0.909. The van der Waals surface area contributed by atoms with Crippen LogP contribution >= 0.6 is 11.8 Å². The van der Waals surface area contributed by atoms with Gasteiger partial charge < -0.3 is 5.11 Å². The molecule has 1 N–H and O–H groups in total. The standard InChI is InChI=1S/C12H16N2O5S/c1-7(15)20-6-12(2)10(18)13-5-3-4-8(9(16)17)14(13)11(12)19/h8H,3-6H2,1-2H3,(H,16,17). The molecule has 2 aliphatic heterocycles. The van der Waals surface area contributed by atoms with E-state index in [9.17, 15) is 24.3 Å². The molecular formula is C12H16N2O5S. The molecule has 2 amide bonds. The third kappa shape index (κ3) is 2.17. The molecule has 0 saturated carbocycles. The summed E-state index contributed by atoms with van der Waals surface area (Å²) in [4.78, 5) is 47.2. The van der Waals surface area contributed by atoms with Gasteiger partial charge in [0.05, 0.1) is 0 Å². The van der Waals surface area contributed by atoms with E-state index in [0.717, 1.165) is 16.8 Å². The van der Waals surface area contributed by atoms with Crippen LogP contribution in [0.4, 0.5) is 0 Å². The van der Waals surface area contributed by atoms with Crippen LogP contribution in [-0.2, 0) is 19.2 Å². The van der Waals surface area contributed by atoms with Gasteiger partial charge in [0.1, 0.15) is 5.41 Å². The largest absolute Gasteiger partial charge is 0.480 e. The number of fused-ring (bicyclic) bond motifs is 1. The lowest BCUT2D eigenvalue weighted by molar-refractivity contribution is -0.169. The normalized spacial score (nSPS) is 29.6. The molecule has 7 nitrogen and oxygen atoms in total. The average Bonchev–Trinajstić information content (AvgIpc) is 2.59.